The predicted molar refractivity (Wildman–Crippen MR) is 126 cm³/mol. The van der Waals surface area contributed by atoms with Crippen LogP contribution in [0.1, 0.15) is 24.4 Å². The highest BCUT2D eigenvalue weighted by molar-refractivity contribution is 7.89. The molecule has 1 saturated heterocycles. The number of rotatable bonds is 5. The van der Waals surface area contributed by atoms with Gasteiger partial charge in [0.05, 0.1) is 16.8 Å². The molecule has 162 valence electrons. The Kier molecular flexibility index (Phi) is 6.74. The van der Waals surface area contributed by atoms with Crippen molar-refractivity contribution in [3.05, 3.63) is 87.5 Å². The molecule has 1 aliphatic rings. The summed E-state index contributed by atoms with van der Waals surface area (Å²) in [5, 5.41) is 1.78. The van der Waals surface area contributed by atoms with E-state index in [-0.39, 0.29) is 17.1 Å². The van der Waals surface area contributed by atoms with Gasteiger partial charge in [-0.3, -0.25) is 0 Å². The maximum Gasteiger partial charge on any atom is 0.258 e. The van der Waals surface area contributed by atoms with Gasteiger partial charge in [0.1, 0.15) is 0 Å². The van der Waals surface area contributed by atoms with Crippen molar-refractivity contribution in [2.24, 2.45) is 0 Å². The third-order valence-electron chi connectivity index (χ3n) is 5.31. The van der Waals surface area contributed by atoms with Crippen LogP contribution in [0.5, 0.6) is 0 Å². The number of hydrogen-bond acceptors (Lipinski definition) is 4. The Hall–Kier alpha value is -1.83. The molecule has 2 aromatic carbocycles. The van der Waals surface area contributed by atoms with Gasteiger partial charge in [0.2, 0.25) is 0 Å². The lowest BCUT2D eigenvalue weighted by Crippen LogP contribution is -2.46. The first-order valence-electron chi connectivity index (χ1n) is 9.74. The molecular weight excluding hydrogens is 477 g/mol. The van der Waals surface area contributed by atoms with E-state index in [4.69, 9.17) is 34.8 Å². The van der Waals surface area contributed by atoms with Crippen molar-refractivity contribution in [1.29, 1.82) is 0 Å². The molecule has 1 unspecified atom stereocenters. The molecular formula is C22H20Cl3N3O2S. The van der Waals surface area contributed by atoms with Crippen LogP contribution in [0, 0.1) is 0 Å². The van der Waals surface area contributed by atoms with E-state index in [1.54, 1.807) is 24.3 Å². The Morgan fingerprint density at radius 1 is 0.968 bits per heavy atom. The van der Waals surface area contributed by atoms with Gasteiger partial charge >= 0.3 is 0 Å². The van der Waals surface area contributed by atoms with Crippen molar-refractivity contribution in [1.82, 2.24) is 9.71 Å². The van der Waals surface area contributed by atoms with Gasteiger partial charge in [0.25, 0.3) is 10.0 Å². The van der Waals surface area contributed by atoms with Crippen molar-refractivity contribution in [2.75, 3.05) is 11.4 Å². The fraction of sp³-hybridized carbons (Fsp3) is 0.227. The van der Waals surface area contributed by atoms with Crippen molar-refractivity contribution < 1.29 is 8.42 Å². The summed E-state index contributed by atoms with van der Waals surface area (Å²) in [7, 11) is -3.71. The molecule has 5 nitrogen and oxygen atoms in total. The topological polar surface area (TPSA) is 62.3 Å². The second-order valence-corrected chi connectivity index (χ2v) is 10.3. The van der Waals surface area contributed by atoms with Gasteiger partial charge in [-0.2, -0.15) is 0 Å². The number of halogens is 3. The lowest BCUT2D eigenvalue weighted by molar-refractivity contribution is 0.394. The average Bonchev–Trinajstić information content (AvgIpc) is 2.75. The summed E-state index contributed by atoms with van der Waals surface area (Å²) in [6.45, 7) is 0.615. The first-order valence-corrected chi connectivity index (χ1v) is 12.4. The number of anilines is 1. The summed E-state index contributed by atoms with van der Waals surface area (Å²) in [6, 6.07) is 17.5. The molecule has 0 spiro atoms. The van der Waals surface area contributed by atoms with Gasteiger partial charge in [0, 0.05) is 28.8 Å². The van der Waals surface area contributed by atoms with Gasteiger partial charge in [-0.15, -0.1) is 0 Å². The standard InChI is InChI=1S/C22H20Cl3N3O2S/c23-16-6-4-15(5-7-16)21-14-18(27-31(29,30)22-3-1-2-11-26-22)10-12-28(21)20-9-8-17(24)13-19(20)25/h1-9,11,13,18,21,27H,10,12,14H2/t18?,21-/m1/s1. The number of sulfonamides is 1. The van der Waals surface area contributed by atoms with Crippen LogP contribution in [-0.2, 0) is 10.0 Å². The van der Waals surface area contributed by atoms with Crippen LogP contribution in [0.3, 0.4) is 0 Å². The Labute approximate surface area is 197 Å². The van der Waals surface area contributed by atoms with Crippen molar-refractivity contribution in [3.63, 3.8) is 0 Å². The van der Waals surface area contributed by atoms with E-state index in [0.29, 0.717) is 34.5 Å². The molecule has 3 aromatic rings. The number of pyridine rings is 1. The van der Waals surface area contributed by atoms with Crippen LogP contribution in [0.25, 0.3) is 0 Å². The summed E-state index contributed by atoms with van der Waals surface area (Å²) in [5.74, 6) is 0. The Morgan fingerprint density at radius 3 is 2.39 bits per heavy atom. The fourth-order valence-electron chi connectivity index (χ4n) is 3.86. The highest BCUT2D eigenvalue weighted by Crippen LogP contribution is 2.39. The van der Waals surface area contributed by atoms with Crippen LogP contribution in [-0.4, -0.2) is 26.0 Å². The zero-order valence-electron chi connectivity index (χ0n) is 16.4. The maximum absolute atomic E-state index is 12.8. The lowest BCUT2D eigenvalue weighted by Gasteiger charge is -2.41. The third kappa shape index (κ3) is 5.16. The average molecular weight is 497 g/mol. The SMILES string of the molecule is O=S(=O)(NC1CCN(c2ccc(Cl)cc2Cl)[C@@H](c2ccc(Cl)cc2)C1)c1ccccn1. The van der Waals surface area contributed by atoms with Gasteiger partial charge in [-0.1, -0.05) is 53.0 Å². The van der Waals surface area contributed by atoms with Crippen LogP contribution in [0.4, 0.5) is 5.69 Å². The van der Waals surface area contributed by atoms with Crippen LogP contribution < -0.4 is 9.62 Å². The van der Waals surface area contributed by atoms with E-state index in [1.165, 1.54) is 12.3 Å². The number of piperidine rings is 1. The first-order chi connectivity index (χ1) is 14.8. The third-order valence-corrected chi connectivity index (χ3v) is 7.54. The van der Waals surface area contributed by atoms with E-state index < -0.39 is 10.0 Å². The quantitative estimate of drug-likeness (QED) is 0.490. The summed E-state index contributed by atoms with van der Waals surface area (Å²) >= 11 is 18.7. The number of nitrogens with zero attached hydrogens (tertiary/aromatic N) is 2. The minimum Gasteiger partial charge on any atom is -0.363 e. The van der Waals surface area contributed by atoms with E-state index in [9.17, 15) is 8.42 Å². The number of benzene rings is 2. The molecule has 1 fully saturated rings. The Morgan fingerprint density at radius 2 is 1.71 bits per heavy atom. The first kappa shape index (κ1) is 22.4. The summed E-state index contributed by atoms with van der Waals surface area (Å²) < 4.78 is 28.4. The maximum atomic E-state index is 12.8. The fourth-order valence-corrected chi connectivity index (χ4v) is 5.74. The number of hydrogen-bond donors (Lipinski definition) is 1. The van der Waals surface area contributed by atoms with Crippen molar-refractivity contribution in [2.45, 2.75) is 30.0 Å². The van der Waals surface area contributed by atoms with E-state index in [2.05, 4.69) is 14.6 Å². The molecule has 1 aliphatic heterocycles. The molecule has 0 amide bonds. The molecule has 0 saturated carbocycles. The Balaban J connectivity index is 1.63. The second-order valence-electron chi connectivity index (χ2n) is 7.37. The van der Waals surface area contributed by atoms with Crippen molar-refractivity contribution in [3.8, 4) is 0 Å². The lowest BCUT2D eigenvalue weighted by atomic mass is 9.91. The molecule has 0 aliphatic carbocycles. The minimum atomic E-state index is -3.71. The summed E-state index contributed by atoms with van der Waals surface area (Å²) in [6.07, 6.45) is 2.65. The van der Waals surface area contributed by atoms with Crippen molar-refractivity contribution >= 4 is 50.5 Å². The molecule has 4 rings (SSSR count). The highest BCUT2D eigenvalue weighted by Gasteiger charge is 2.33. The normalized spacial score (nSPS) is 19.4. The molecule has 2 heterocycles. The summed E-state index contributed by atoms with van der Waals surface area (Å²) in [5.41, 5.74) is 1.88. The molecule has 0 bridgehead atoms. The minimum absolute atomic E-state index is 0.0150. The van der Waals surface area contributed by atoms with E-state index in [0.717, 1.165) is 11.3 Å². The monoisotopic (exact) mass is 495 g/mol. The van der Waals surface area contributed by atoms with Gasteiger partial charge in [-0.05, 0) is 60.9 Å². The van der Waals surface area contributed by atoms with Crippen LogP contribution >= 0.6 is 34.8 Å². The number of nitrogens with one attached hydrogen (secondary N) is 1. The second kappa shape index (κ2) is 9.35. The molecule has 2 atom stereocenters. The molecule has 9 heteroatoms. The molecule has 1 aromatic heterocycles. The van der Waals surface area contributed by atoms with E-state index in [1.807, 2.05) is 30.3 Å². The van der Waals surface area contributed by atoms with Gasteiger partial charge in [0.15, 0.2) is 5.03 Å². The molecule has 0 radical (unpaired) electrons. The van der Waals surface area contributed by atoms with E-state index >= 15 is 0 Å². The molecule has 31 heavy (non-hydrogen) atoms. The molecule has 1 N–H and O–H groups in total. The largest absolute Gasteiger partial charge is 0.363 e. The smallest absolute Gasteiger partial charge is 0.258 e. The Bertz CT molecular complexity index is 1160. The summed E-state index contributed by atoms with van der Waals surface area (Å²) in [4.78, 5) is 6.17. The number of aromatic nitrogens is 1. The van der Waals surface area contributed by atoms with Crippen LogP contribution in [0.15, 0.2) is 71.9 Å². The predicted octanol–water partition coefficient (Wildman–Crippen LogP) is 5.73. The zero-order valence-corrected chi connectivity index (χ0v) is 19.5. The van der Waals surface area contributed by atoms with Crippen LogP contribution in [0.2, 0.25) is 15.1 Å². The highest BCUT2D eigenvalue weighted by atomic mass is 35.5. The zero-order chi connectivity index (χ0) is 22.0. The van der Waals surface area contributed by atoms with Gasteiger partial charge < -0.3 is 4.90 Å². The van der Waals surface area contributed by atoms with Gasteiger partial charge in [-0.25, -0.2) is 18.1 Å².